The van der Waals surface area contributed by atoms with Crippen molar-refractivity contribution < 1.29 is 150 Å². The number of morpholine rings is 2. The number of nitrogens with one attached hydrogen (secondary N) is 4. The third-order valence-electron chi connectivity index (χ3n) is 15.7. The minimum atomic E-state index is -5.05. The van der Waals surface area contributed by atoms with Crippen molar-refractivity contribution in [1.29, 1.82) is 0 Å². The SMILES string of the molecule is CNC[C@H](O)[C@@H](O)[C@H](O)[C@H](O)CO.CNC[C@H](O)[C@@H](O)[C@H](O)[C@H](O)CO.C[C@@H](O[C@H]1OCCN(Cc2nn([P+](=O)O)c(=O)[nH]2)[C@H]1c1ccc(F)cc1)c1cc(C(F)(F)F)cc(C(F)(F)F)c1.C[C@@H](O[C@H]1OCCN(Cc2nn([P+](=O)O)c(=O)[nH]2)[C@H]1c1ccc(F)cc1)c1cc(C(F)(F)F)cc(C(F)(F)F)c1. The summed E-state index contributed by atoms with van der Waals surface area (Å²) < 4.78 is 234. The Kier molecular flexibility index (Phi) is 33.5. The van der Waals surface area contributed by atoms with Gasteiger partial charge in [-0.1, -0.05) is 24.3 Å². The summed E-state index contributed by atoms with van der Waals surface area (Å²) in [7, 11) is -3.06. The summed E-state index contributed by atoms with van der Waals surface area (Å²) >= 11 is 0. The number of H-pyrrole nitrogens is 2. The largest absolute Gasteiger partial charge is 0.670 e. The van der Waals surface area contributed by atoms with Crippen LogP contribution in [0, 0.1) is 11.6 Å². The van der Waals surface area contributed by atoms with E-state index in [2.05, 4.69) is 30.8 Å². The highest BCUT2D eigenvalue weighted by atomic mass is 31.1. The maximum Gasteiger partial charge on any atom is 0.670 e. The van der Waals surface area contributed by atoms with E-state index in [0.717, 1.165) is 24.3 Å². The summed E-state index contributed by atoms with van der Waals surface area (Å²) in [4.78, 5) is 50.2. The Morgan fingerprint density at radius 1 is 0.509 bits per heavy atom. The molecule has 2 saturated heterocycles. The molecule has 4 heterocycles. The monoisotopic (exact) mass is 1580 g/mol. The molecule has 106 heavy (non-hydrogen) atoms. The molecule has 2 fully saturated rings. The van der Waals surface area contributed by atoms with Gasteiger partial charge >= 0.3 is 52.4 Å². The van der Waals surface area contributed by atoms with Crippen LogP contribution >= 0.6 is 16.4 Å². The normalized spacial score (nSPS) is 20.2. The molecule has 2 aliphatic heterocycles. The molecule has 0 radical (unpaired) electrons. The molecule has 2 unspecified atom stereocenters. The van der Waals surface area contributed by atoms with Crippen LogP contribution in [0.2, 0.25) is 0 Å². The maximum absolute atomic E-state index is 13.7. The van der Waals surface area contributed by atoms with Crippen LogP contribution in [-0.4, -0.2) is 228 Å². The molecule has 30 nitrogen and oxygen atoms in total. The molecule has 4 aromatic carbocycles. The Hall–Kier alpha value is -6.82. The number of hydrogen-bond acceptors (Lipinski definition) is 24. The maximum atomic E-state index is 13.7. The third-order valence-corrected chi connectivity index (χ3v) is 16.9. The standard InChI is InChI=1S/2C23H20F7N4O5P.2C7H17NO5/c2*1-12(14-8-15(22(25,26)27)10-16(9-14)23(28,29)30)39-20-19(13-2-4-17(24)5-3-13)33(6-7-38-20)11-18-31-21(35)34(32-18)40(36)37;2*1-8-2-4(10)6(12)7(13)5(11)3-9/h2*2-5,8-10,12,19-20H,6-7,11H2,1H3,(H-,31,32,35,36,37);2*4-13H,2-3H2,1H3/p+2/t2*12-,19+,20-;2*4-,5+,6+,7+/m1100/s1. The minimum Gasteiger partial charge on any atom is -0.394 e. The van der Waals surface area contributed by atoms with E-state index in [-0.39, 0.29) is 76.3 Å². The van der Waals surface area contributed by atoms with Crippen LogP contribution in [0.1, 0.15) is 94.3 Å². The molecule has 2 aromatic heterocycles. The predicted octanol–water partition coefficient (Wildman–Crippen LogP) is 3.13. The molecule has 0 bridgehead atoms. The molecule has 2 aliphatic rings. The Bertz CT molecular complexity index is 3570. The van der Waals surface area contributed by atoms with Crippen molar-refractivity contribution in [2.24, 2.45) is 0 Å². The van der Waals surface area contributed by atoms with Crippen LogP contribution in [0.5, 0.6) is 0 Å². The van der Waals surface area contributed by atoms with Gasteiger partial charge in [-0.3, -0.25) is 19.8 Å². The first-order valence-electron chi connectivity index (χ1n) is 31.1. The number of halogens is 14. The van der Waals surface area contributed by atoms with Crippen molar-refractivity contribution >= 4 is 16.4 Å². The lowest BCUT2D eigenvalue weighted by molar-refractivity contribution is -0.231. The molecule has 8 rings (SSSR count). The van der Waals surface area contributed by atoms with Crippen LogP contribution in [0.15, 0.2) is 94.5 Å². The second-order valence-corrected chi connectivity index (χ2v) is 25.2. The fourth-order valence-electron chi connectivity index (χ4n) is 10.3. The average molecular weight is 1590 g/mol. The zero-order valence-corrected chi connectivity index (χ0v) is 57.5. The van der Waals surface area contributed by atoms with E-state index in [9.17, 15) is 100 Å². The van der Waals surface area contributed by atoms with Crippen LogP contribution in [-0.2, 0) is 65.9 Å². The van der Waals surface area contributed by atoms with Gasteiger partial charge < -0.3 is 80.6 Å². The smallest absolute Gasteiger partial charge is 0.394 e. The second kappa shape index (κ2) is 39.5. The van der Waals surface area contributed by atoms with Crippen molar-refractivity contribution in [1.82, 2.24) is 49.5 Å². The van der Waals surface area contributed by atoms with Crippen molar-refractivity contribution in [3.05, 3.63) is 174 Å². The van der Waals surface area contributed by atoms with Gasteiger partial charge in [-0.25, -0.2) is 18.4 Å². The number of likely N-dealkylation sites (N-methyl/N-ethyl adjacent to an activating group) is 2. The van der Waals surface area contributed by atoms with Gasteiger partial charge in [-0.15, -0.1) is 20.0 Å². The number of alkyl halides is 12. The van der Waals surface area contributed by atoms with Crippen molar-refractivity contribution in [3.63, 3.8) is 0 Å². The van der Waals surface area contributed by atoms with Crippen LogP contribution < -0.4 is 22.0 Å². The zero-order chi connectivity index (χ0) is 79.7. The number of ether oxygens (including phenoxy) is 4. The second-order valence-electron chi connectivity index (χ2n) is 23.4. The molecule has 16 N–H and O–H groups in total. The van der Waals surface area contributed by atoms with Crippen LogP contribution in [0.4, 0.5) is 61.5 Å². The van der Waals surface area contributed by atoms with Gasteiger partial charge in [-0.05, 0) is 111 Å². The molecule has 0 spiro atoms. The first kappa shape index (κ1) is 89.8. The molecule has 16 atom stereocenters. The Labute approximate surface area is 592 Å². The highest BCUT2D eigenvalue weighted by Gasteiger charge is 2.43. The number of aromatic amines is 2. The summed E-state index contributed by atoms with van der Waals surface area (Å²) in [6.07, 6.45) is -36.7. The first-order valence-corrected chi connectivity index (χ1v) is 33.4. The molecular formula is C60H76F14N10O20P2+2. The van der Waals surface area contributed by atoms with Gasteiger partial charge in [0, 0.05) is 44.2 Å². The molecule has 0 amide bonds. The molecule has 0 saturated carbocycles. The summed E-state index contributed by atoms with van der Waals surface area (Å²) in [5.74, 6) is -1.18. The van der Waals surface area contributed by atoms with Crippen LogP contribution in [0.3, 0.4) is 0 Å². The Morgan fingerprint density at radius 2 is 0.792 bits per heavy atom. The van der Waals surface area contributed by atoms with Gasteiger partial charge in [-0.2, -0.15) is 52.7 Å². The number of aliphatic hydroxyl groups excluding tert-OH is 10. The average Bonchev–Trinajstić information content (AvgIpc) is 1.20. The van der Waals surface area contributed by atoms with E-state index in [1.165, 1.54) is 38.1 Å². The summed E-state index contributed by atoms with van der Waals surface area (Å²) in [5.41, 5.74) is -7.90. The van der Waals surface area contributed by atoms with Crippen molar-refractivity contribution in [3.8, 4) is 0 Å². The number of nitrogens with zero attached hydrogens (tertiary/aromatic N) is 6. The summed E-state index contributed by atoms with van der Waals surface area (Å²) in [5, 5.41) is 102. The van der Waals surface area contributed by atoms with Crippen molar-refractivity contribution in [2.45, 2.75) is 137 Å². The predicted molar refractivity (Wildman–Crippen MR) is 337 cm³/mol. The van der Waals surface area contributed by atoms with E-state index in [0.29, 0.717) is 44.3 Å². The quantitative estimate of drug-likeness (QED) is 0.0274. The third kappa shape index (κ3) is 25.7. The molecule has 592 valence electrons. The van der Waals surface area contributed by atoms with E-state index >= 15 is 0 Å². The highest BCUT2D eigenvalue weighted by Crippen LogP contribution is 2.43. The number of aromatic nitrogens is 6. The molecular weight excluding hydrogens is 1510 g/mol. The van der Waals surface area contributed by atoms with Gasteiger partial charge in [0.25, 0.3) is 0 Å². The molecule has 46 heteroatoms. The summed E-state index contributed by atoms with van der Waals surface area (Å²) in [6.45, 7) is 1.46. The first-order chi connectivity index (χ1) is 49.3. The van der Waals surface area contributed by atoms with E-state index in [1.54, 1.807) is 23.9 Å². The minimum absolute atomic E-state index is 0.00925. The van der Waals surface area contributed by atoms with E-state index in [1.807, 2.05) is 0 Å². The Balaban J connectivity index is 0.000000286. The van der Waals surface area contributed by atoms with Gasteiger partial charge in [0.15, 0.2) is 12.6 Å². The number of benzene rings is 4. The lowest BCUT2D eigenvalue weighted by Gasteiger charge is -2.41. The topological polar surface area (TPSA) is 446 Å². The molecule has 6 aromatic rings. The van der Waals surface area contributed by atoms with Gasteiger partial charge in [0.2, 0.25) is 0 Å². The van der Waals surface area contributed by atoms with Crippen molar-refractivity contribution in [2.75, 3.05) is 66.7 Å². The lowest BCUT2D eigenvalue weighted by atomic mass is 10.0. The summed E-state index contributed by atoms with van der Waals surface area (Å²) in [6, 6.07) is 10.5. The van der Waals surface area contributed by atoms with E-state index in [4.69, 9.17) is 59.8 Å². The zero-order valence-electron chi connectivity index (χ0n) is 55.7. The number of rotatable bonds is 26. The fourth-order valence-corrected chi connectivity index (χ4v) is 11.0. The molecule has 0 aliphatic carbocycles. The van der Waals surface area contributed by atoms with Gasteiger partial charge in [0.1, 0.15) is 59.9 Å². The van der Waals surface area contributed by atoms with E-state index < -0.39 is 196 Å². The Morgan fingerprint density at radius 3 is 1.04 bits per heavy atom. The van der Waals surface area contributed by atoms with Crippen LogP contribution in [0.25, 0.3) is 0 Å². The number of aliphatic hydroxyl groups is 10. The number of hydrogen-bond donors (Lipinski definition) is 16. The van der Waals surface area contributed by atoms with Gasteiger partial charge in [0.05, 0.1) is 98.3 Å². The highest BCUT2D eigenvalue weighted by molar-refractivity contribution is 7.36. The lowest BCUT2D eigenvalue weighted by Crippen LogP contribution is -2.48. The fraction of sp³-hybridized carbons (Fsp3) is 0.533.